The van der Waals surface area contributed by atoms with Crippen molar-refractivity contribution in [2.75, 3.05) is 25.5 Å². The molecule has 0 aliphatic rings. The Bertz CT molecular complexity index is 975. The second kappa shape index (κ2) is 8.85. The number of benzene rings is 1. The summed E-state index contributed by atoms with van der Waals surface area (Å²) in [5.41, 5.74) is 1.57. The fourth-order valence-corrected chi connectivity index (χ4v) is 5.29. The number of nitrogens with zero attached hydrogens (tertiary/aromatic N) is 1. The fraction of sp³-hybridized carbons (Fsp3) is 0.368. The summed E-state index contributed by atoms with van der Waals surface area (Å²) in [5.74, 6) is -0.670. The van der Waals surface area contributed by atoms with Gasteiger partial charge in [-0.05, 0) is 43.7 Å². The topological polar surface area (TPSA) is 95.6 Å². The van der Waals surface area contributed by atoms with Crippen LogP contribution in [0.25, 0.3) is 0 Å². The van der Waals surface area contributed by atoms with E-state index >= 15 is 0 Å². The second-order valence-electron chi connectivity index (χ2n) is 6.13. The summed E-state index contributed by atoms with van der Waals surface area (Å²) < 4.78 is 26.4. The van der Waals surface area contributed by atoms with E-state index in [0.29, 0.717) is 29.2 Å². The highest BCUT2D eigenvalue weighted by atomic mass is 32.2. The van der Waals surface area contributed by atoms with Crippen LogP contribution in [0.2, 0.25) is 0 Å². The molecule has 0 radical (unpaired) electrons. The molecule has 7 nitrogen and oxygen atoms in total. The van der Waals surface area contributed by atoms with Gasteiger partial charge in [-0.25, -0.2) is 8.42 Å². The normalized spacial score (nSPS) is 11.5. The van der Waals surface area contributed by atoms with E-state index in [1.165, 1.54) is 47.0 Å². The Kier molecular flexibility index (Phi) is 6.97. The molecule has 1 aromatic heterocycles. The molecule has 2 aromatic rings. The van der Waals surface area contributed by atoms with E-state index in [2.05, 4.69) is 10.6 Å². The van der Waals surface area contributed by atoms with Crippen molar-refractivity contribution < 1.29 is 18.0 Å². The van der Waals surface area contributed by atoms with Gasteiger partial charge in [0.15, 0.2) is 0 Å². The van der Waals surface area contributed by atoms with E-state index in [1.807, 2.05) is 13.8 Å². The van der Waals surface area contributed by atoms with Crippen molar-refractivity contribution in [1.82, 2.24) is 9.62 Å². The Morgan fingerprint density at radius 3 is 2.11 bits per heavy atom. The molecule has 0 spiro atoms. The smallest absolute Gasteiger partial charge is 0.256 e. The summed E-state index contributed by atoms with van der Waals surface area (Å²) in [7, 11) is -2.04. The molecule has 9 heteroatoms. The molecule has 0 saturated carbocycles. The first-order valence-electron chi connectivity index (χ1n) is 8.90. The molecule has 0 fully saturated rings. The lowest BCUT2D eigenvalue weighted by Crippen LogP contribution is -2.30. The van der Waals surface area contributed by atoms with Crippen LogP contribution in [0.3, 0.4) is 0 Å². The number of rotatable bonds is 7. The molecular formula is C19H25N3O4S2. The van der Waals surface area contributed by atoms with E-state index in [4.69, 9.17) is 0 Å². The van der Waals surface area contributed by atoms with E-state index in [9.17, 15) is 18.0 Å². The Labute approximate surface area is 169 Å². The Balaban J connectivity index is 2.28. The van der Waals surface area contributed by atoms with Crippen molar-refractivity contribution in [1.29, 1.82) is 0 Å². The average molecular weight is 424 g/mol. The maximum Gasteiger partial charge on any atom is 0.256 e. The number of nitrogens with one attached hydrogen (secondary N) is 2. The summed E-state index contributed by atoms with van der Waals surface area (Å²) in [5, 5.41) is 5.82. The van der Waals surface area contributed by atoms with E-state index in [1.54, 1.807) is 13.8 Å². The first kappa shape index (κ1) is 22.1. The van der Waals surface area contributed by atoms with Crippen molar-refractivity contribution in [2.24, 2.45) is 0 Å². The molecular weight excluding hydrogens is 398 g/mol. The minimum atomic E-state index is -3.58. The van der Waals surface area contributed by atoms with Crippen LogP contribution in [0.1, 0.15) is 45.0 Å². The predicted molar refractivity (Wildman–Crippen MR) is 112 cm³/mol. The maximum absolute atomic E-state index is 12.6. The number of anilines is 1. The highest BCUT2D eigenvalue weighted by Gasteiger charge is 2.23. The van der Waals surface area contributed by atoms with Crippen LogP contribution in [0, 0.1) is 13.8 Å². The molecule has 1 aromatic carbocycles. The quantitative estimate of drug-likeness (QED) is 0.716. The van der Waals surface area contributed by atoms with E-state index in [-0.39, 0.29) is 10.8 Å². The van der Waals surface area contributed by atoms with Gasteiger partial charge in [-0.15, -0.1) is 11.3 Å². The fourth-order valence-electron chi connectivity index (χ4n) is 2.78. The molecule has 0 bridgehead atoms. The van der Waals surface area contributed by atoms with E-state index < -0.39 is 15.9 Å². The van der Waals surface area contributed by atoms with Crippen molar-refractivity contribution in [2.45, 2.75) is 32.6 Å². The van der Waals surface area contributed by atoms with Crippen molar-refractivity contribution in [3.05, 3.63) is 45.8 Å². The molecule has 28 heavy (non-hydrogen) atoms. The summed E-state index contributed by atoms with van der Waals surface area (Å²) in [6, 6.07) is 5.79. The Morgan fingerprint density at radius 2 is 1.61 bits per heavy atom. The Morgan fingerprint density at radius 1 is 1.04 bits per heavy atom. The molecule has 1 heterocycles. The second-order valence-corrected chi connectivity index (χ2v) is 9.30. The van der Waals surface area contributed by atoms with Crippen LogP contribution in [-0.4, -0.2) is 44.7 Å². The molecule has 0 unspecified atom stereocenters. The van der Waals surface area contributed by atoms with Crippen molar-refractivity contribution in [3.8, 4) is 0 Å². The number of sulfonamides is 1. The minimum absolute atomic E-state index is 0.140. The SMILES string of the molecule is CCN(CC)S(=O)(=O)c1ccc(C(=O)Nc2sc(C)c(C)c2C(=O)NC)cc1. The Hall–Kier alpha value is -2.23. The number of amides is 2. The summed E-state index contributed by atoms with van der Waals surface area (Å²) in [6.07, 6.45) is 0. The number of carbonyl (C=O) groups is 2. The van der Waals surface area contributed by atoms with Gasteiger partial charge >= 0.3 is 0 Å². The summed E-state index contributed by atoms with van der Waals surface area (Å²) in [4.78, 5) is 25.8. The van der Waals surface area contributed by atoms with Crippen LogP contribution >= 0.6 is 11.3 Å². The maximum atomic E-state index is 12.6. The molecule has 0 saturated heterocycles. The lowest BCUT2D eigenvalue weighted by Gasteiger charge is -2.18. The molecule has 0 atom stereocenters. The van der Waals surface area contributed by atoms with Crippen LogP contribution in [0.15, 0.2) is 29.2 Å². The van der Waals surface area contributed by atoms with Gasteiger partial charge in [-0.3, -0.25) is 9.59 Å². The van der Waals surface area contributed by atoms with Gasteiger partial charge < -0.3 is 10.6 Å². The molecule has 2 N–H and O–H groups in total. The average Bonchev–Trinajstić information content (AvgIpc) is 2.95. The van der Waals surface area contributed by atoms with Gasteiger partial charge in [0.25, 0.3) is 11.8 Å². The van der Waals surface area contributed by atoms with Crippen molar-refractivity contribution in [3.63, 3.8) is 0 Å². The lowest BCUT2D eigenvalue weighted by atomic mass is 10.1. The number of thiophene rings is 1. The lowest BCUT2D eigenvalue weighted by molar-refractivity contribution is 0.0963. The molecule has 2 amide bonds. The monoisotopic (exact) mass is 423 g/mol. The molecule has 152 valence electrons. The van der Waals surface area contributed by atoms with Gasteiger partial charge in [-0.2, -0.15) is 4.31 Å². The number of hydrogen-bond acceptors (Lipinski definition) is 5. The van der Waals surface area contributed by atoms with Crippen LogP contribution in [0.5, 0.6) is 0 Å². The zero-order chi connectivity index (χ0) is 21.1. The number of carbonyl (C=O) groups excluding carboxylic acids is 2. The summed E-state index contributed by atoms with van der Waals surface area (Å²) >= 11 is 1.33. The van der Waals surface area contributed by atoms with Crippen LogP contribution < -0.4 is 10.6 Å². The zero-order valence-electron chi connectivity index (χ0n) is 16.6. The standard InChI is InChI=1S/C19H25N3O4S2/c1-6-22(7-2)28(25,26)15-10-8-14(9-11-15)17(23)21-19-16(18(24)20-5)12(3)13(4)27-19/h8-11H,6-7H2,1-5H3,(H,20,24)(H,21,23). The first-order chi connectivity index (χ1) is 13.2. The van der Waals surface area contributed by atoms with Gasteiger partial charge in [0.1, 0.15) is 5.00 Å². The largest absolute Gasteiger partial charge is 0.355 e. The van der Waals surface area contributed by atoms with E-state index in [0.717, 1.165) is 10.4 Å². The predicted octanol–water partition coefficient (Wildman–Crippen LogP) is 3.01. The highest BCUT2D eigenvalue weighted by Crippen LogP contribution is 2.32. The van der Waals surface area contributed by atoms with Gasteiger partial charge in [-0.1, -0.05) is 13.8 Å². The molecule has 0 aliphatic heterocycles. The summed E-state index contributed by atoms with van der Waals surface area (Å²) in [6.45, 7) is 8.02. The molecule has 2 rings (SSSR count). The van der Waals surface area contributed by atoms with Gasteiger partial charge in [0, 0.05) is 30.6 Å². The highest BCUT2D eigenvalue weighted by molar-refractivity contribution is 7.89. The third-order valence-corrected chi connectivity index (χ3v) is 7.71. The van der Waals surface area contributed by atoms with Crippen LogP contribution in [-0.2, 0) is 10.0 Å². The van der Waals surface area contributed by atoms with Gasteiger partial charge in [0.05, 0.1) is 10.5 Å². The third kappa shape index (κ3) is 4.26. The number of hydrogen-bond donors (Lipinski definition) is 2. The molecule has 0 aliphatic carbocycles. The third-order valence-electron chi connectivity index (χ3n) is 4.53. The first-order valence-corrected chi connectivity index (χ1v) is 11.2. The van der Waals surface area contributed by atoms with Crippen molar-refractivity contribution >= 4 is 38.2 Å². The van der Waals surface area contributed by atoms with Gasteiger partial charge in [0.2, 0.25) is 10.0 Å². The van der Waals surface area contributed by atoms with Crippen LogP contribution in [0.4, 0.5) is 5.00 Å². The zero-order valence-corrected chi connectivity index (χ0v) is 18.3. The minimum Gasteiger partial charge on any atom is -0.355 e. The number of aryl methyl sites for hydroxylation is 1.